The molecule has 0 N–H and O–H groups in total. The summed E-state index contributed by atoms with van der Waals surface area (Å²) in [6, 6.07) is 0. The van der Waals surface area contributed by atoms with Crippen LogP contribution in [-0.4, -0.2) is 17.1 Å². The van der Waals surface area contributed by atoms with Gasteiger partial charge in [0.2, 0.25) is 0 Å². The summed E-state index contributed by atoms with van der Waals surface area (Å²) in [5.41, 5.74) is 0.753. The molecule has 1 heterocycles. The number of nitrogens with zero attached hydrogens (tertiary/aromatic N) is 2. The van der Waals surface area contributed by atoms with Crippen molar-refractivity contribution >= 4 is 11.6 Å². The molecule has 0 unspecified atom stereocenters. The van der Waals surface area contributed by atoms with E-state index in [4.69, 9.17) is 16.3 Å². The van der Waals surface area contributed by atoms with Gasteiger partial charge in [-0.05, 0) is 0 Å². The number of ether oxygens (including phenoxy) is 1. The molecule has 4 heteroatoms. The molecule has 0 saturated heterocycles. The Bertz CT molecular complexity index is 289. The fourth-order valence-electron chi connectivity index (χ4n) is 0.966. The van der Waals surface area contributed by atoms with E-state index in [1.165, 1.54) is 0 Å². The lowest BCUT2D eigenvalue weighted by Gasteiger charge is -2.08. The van der Waals surface area contributed by atoms with Crippen LogP contribution in [0.15, 0.2) is 6.20 Å². The number of hydrogen-bond donors (Lipinski definition) is 0. The van der Waals surface area contributed by atoms with E-state index in [1.54, 1.807) is 13.3 Å². The van der Waals surface area contributed by atoms with Gasteiger partial charge in [-0.15, -0.1) is 11.6 Å². The maximum Gasteiger partial charge on any atom is 0.159 e. The summed E-state index contributed by atoms with van der Waals surface area (Å²) < 4.78 is 5.06. The van der Waals surface area contributed by atoms with Crippen LogP contribution in [0.4, 0.5) is 0 Å². The van der Waals surface area contributed by atoms with Gasteiger partial charge in [-0.2, -0.15) is 0 Å². The van der Waals surface area contributed by atoms with E-state index in [9.17, 15) is 0 Å². The summed E-state index contributed by atoms with van der Waals surface area (Å²) in [6.45, 7) is 4.08. The average molecular weight is 201 g/mol. The lowest BCUT2D eigenvalue weighted by atomic mass is 10.2. The van der Waals surface area contributed by atoms with Gasteiger partial charge >= 0.3 is 0 Å². The Kier molecular flexibility index (Phi) is 3.48. The van der Waals surface area contributed by atoms with Gasteiger partial charge in [-0.25, -0.2) is 9.97 Å². The van der Waals surface area contributed by atoms with Crippen molar-refractivity contribution in [2.24, 2.45) is 0 Å². The Morgan fingerprint density at radius 1 is 1.54 bits per heavy atom. The molecule has 0 amide bonds. The van der Waals surface area contributed by atoms with Gasteiger partial charge in [0.15, 0.2) is 5.75 Å². The summed E-state index contributed by atoms with van der Waals surface area (Å²) in [4.78, 5) is 8.46. The normalized spacial score (nSPS) is 10.5. The van der Waals surface area contributed by atoms with Gasteiger partial charge in [-0.1, -0.05) is 13.8 Å². The Morgan fingerprint density at radius 3 is 2.69 bits per heavy atom. The molecular formula is C9H13ClN2O. The van der Waals surface area contributed by atoms with Crippen molar-refractivity contribution < 1.29 is 4.74 Å². The van der Waals surface area contributed by atoms with E-state index >= 15 is 0 Å². The molecule has 13 heavy (non-hydrogen) atoms. The minimum atomic E-state index is 0.313. The minimum absolute atomic E-state index is 0.313. The molecule has 1 aromatic heterocycles. The van der Waals surface area contributed by atoms with Gasteiger partial charge in [0, 0.05) is 5.92 Å². The molecule has 1 rings (SSSR count). The van der Waals surface area contributed by atoms with E-state index < -0.39 is 0 Å². The predicted molar refractivity (Wildman–Crippen MR) is 52.2 cm³/mol. The minimum Gasteiger partial charge on any atom is -0.493 e. The largest absolute Gasteiger partial charge is 0.493 e. The Labute approximate surface area is 83.1 Å². The van der Waals surface area contributed by atoms with Crippen molar-refractivity contribution in [2.45, 2.75) is 25.6 Å². The molecular weight excluding hydrogens is 188 g/mol. The molecule has 1 aromatic rings. The summed E-state index contributed by atoms with van der Waals surface area (Å²) >= 11 is 5.72. The van der Waals surface area contributed by atoms with E-state index in [-0.39, 0.29) is 0 Å². The third-order valence-corrected chi connectivity index (χ3v) is 1.96. The molecule has 0 radical (unpaired) electrons. The highest BCUT2D eigenvalue weighted by Crippen LogP contribution is 2.19. The highest BCUT2D eigenvalue weighted by atomic mass is 35.5. The second-order valence-corrected chi connectivity index (χ2v) is 3.30. The molecule has 0 aliphatic heterocycles. The van der Waals surface area contributed by atoms with Crippen LogP contribution < -0.4 is 4.74 Å². The third-order valence-electron chi connectivity index (χ3n) is 1.71. The topological polar surface area (TPSA) is 35.0 Å². The van der Waals surface area contributed by atoms with E-state index in [0.29, 0.717) is 17.5 Å². The van der Waals surface area contributed by atoms with Gasteiger partial charge in [0.1, 0.15) is 11.5 Å². The molecule has 0 fully saturated rings. The molecule has 0 aliphatic carbocycles. The summed E-state index contributed by atoms with van der Waals surface area (Å²) in [5, 5.41) is 0. The van der Waals surface area contributed by atoms with Crippen LogP contribution in [0.3, 0.4) is 0 Å². The monoisotopic (exact) mass is 200 g/mol. The Morgan fingerprint density at radius 2 is 2.23 bits per heavy atom. The summed E-state index contributed by atoms with van der Waals surface area (Å²) in [6.07, 6.45) is 1.67. The number of hydrogen-bond acceptors (Lipinski definition) is 3. The van der Waals surface area contributed by atoms with Gasteiger partial charge in [0.05, 0.1) is 19.2 Å². The van der Waals surface area contributed by atoms with Crippen LogP contribution in [-0.2, 0) is 5.88 Å². The number of aromatic nitrogens is 2. The van der Waals surface area contributed by atoms with Gasteiger partial charge in [0.25, 0.3) is 0 Å². The first-order valence-corrected chi connectivity index (χ1v) is 4.68. The number of alkyl halides is 1. The first-order valence-electron chi connectivity index (χ1n) is 4.14. The van der Waals surface area contributed by atoms with Crippen LogP contribution in [0.5, 0.6) is 5.75 Å². The second kappa shape index (κ2) is 4.42. The molecule has 0 atom stereocenters. The third kappa shape index (κ3) is 2.31. The maximum absolute atomic E-state index is 5.72. The standard InChI is InChI=1S/C9H13ClN2O/c1-6(2)9-11-5-8(13-3)7(4-10)12-9/h5-6H,4H2,1-3H3. The first kappa shape index (κ1) is 10.3. The summed E-state index contributed by atoms with van der Waals surface area (Å²) in [7, 11) is 1.59. The molecule has 0 aromatic carbocycles. The lowest BCUT2D eigenvalue weighted by Crippen LogP contribution is -2.02. The molecule has 3 nitrogen and oxygen atoms in total. The van der Waals surface area contributed by atoms with Crippen LogP contribution in [0.2, 0.25) is 0 Å². The number of rotatable bonds is 3. The second-order valence-electron chi connectivity index (χ2n) is 3.03. The average Bonchev–Trinajstić information content (AvgIpc) is 2.16. The quantitative estimate of drug-likeness (QED) is 0.703. The predicted octanol–water partition coefficient (Wildman–Crippen LogP) is 2.35. The molecule has 72 valence electrons. The smallest absolute Gasteiger partial charge is 0.159 e. The molecule has 0 saturated carbocycles. The van der Waals surface area contributed by atoms with Gasteiger partial charge < -0.3 is 4.74 Å². The van der Waals surface area contributed by atoms with Gasteiger partial charge in [-0.3, -0.25) is 0 Å². The zero-order valence-corrected chi connectivity index (χ0v) is 8.80. The van der Waals surface area contributed by atoms with Crippen molar-refractivity contribution in [3.05, 3.63) is 17.7 Å². The van der Waals surface area contributed by atoms with Crippen LogP contribution in [0, 0.1) is 0 Å². The highest BCUT2D eigenvalue weighted by molar-refractivity contribution is 6.17. The first-order chi connectivity index (χ1) is 6.19. The Hall–Kier alpha value is -0.830. The zero-order chi connectivity index (χ0) is 9.84. The fourth-order valence-corrected chi connectivity index (χ4v) is 1.16. The lowest BCUT2D eigenvalue weighted by molar-refractivity contribution is 0.405. The van der Waals surface area contributed by atoms with Crippen molar-refractivity contribution in [3.63, 3.8) is 0 Å². The van der Waals surface area contributed by atoms with E-state index in [2.05, 4.69) is 9.97 Å². The number of halogens is 1. The maximum atomic E-state index is 5.72. The van der Waals surface area contributed by atoms with Crippen molar-refractivity contribution in [2.75, 3.05) is 7.11 Å². The van der Waals surface area contributed by atoms with E-state index in [0.717, 1.165) is 11.5 Å². The molecule has 0 spiro atoms. The summed E-state index contributed by atoms with van der Waals surface area (Å²) in [5.74, 6) is 2.12. The highest BCUT2D eigenvalue weighted by Gasteiger charge is 2.08. The fraction of sp³-hybridized carbons (Fsp3) is 0.556. The SMILES string of the molecule is COc1cnc(C(C)C)nc1CCl. The van der Waals surface area contributed by atoms with Crippen molar-refractivity contribution in [1.82, 2.24) is 9.97 Å². The van der Waals surface area contributed by atoms with E-state index in [1.807, 2.05) is 13.8 Å². The van der Waals surface area contributed by atoms with Crippen molar-refractivity contribution in [3.8, 4) is 5.75 Å². The Balaban J connectivity index is 3.05. The van der Waals surface area contributed by atoms with Crippen LogP contribution >= 0.6 is 11.6 Å². The molecule has 0 aliphatic rings. The number of methoxy groups -OCH3 is 1. The van der Waals surface area contributed by atoms with Crippen LogP contribution in [0.25, 0.3) is 0 Å². The zero-order valence-electron chi connectivity index (χ0n) is 8.04. The van der Waals surface area contributed by atoms with Crippen LogP contribution in [0.1, 0.15) is 31.3 Å². The molecule has 0 bridgehead atoms. The van der Waals surface area contributed by atoms with Crippen molar-refractivity contribution in [1.29, 1.82) is 0 Å².